The first-order chi connectivity index (χ1) is 16.9. The highest BCUT2D eigenvalue weighted by Gasteiger charge is 2.28. The number of ketones is 1. The van der Waals surface area contributed by atoms with Crippen LogP contribution in [0.2, 0.25) is 0 Å². The summed E-state index contributed by atoms with van der Waals surface area (Å²) in [6, 6.07) is 13.1. The van der Waals surface area contributed by atoms with Gasteiger partial charge in [-0.25, -0.2) is 0 Å². The first-order valence-corrected chi connectivity index (χ1v) is 12.5. The van der Waals surface area contributed by atoms with Gasteiger partial charge in [-0.3, -0.25) is 14.5 Å². The number of fused-ring (bicyclic) bond motifs is 1. The van der Waals surface area contributed by atoms with E-state index >= 15 is 0 Å². The van der Waals surface area contributed by atoms with E-state index in [-0.39, 0.29) is 29.6 Å². The molecule has 1 unspecified atom stereocenters. The number of likely N-dealkylation sites (tertiary alicyclic amines) is 1. The normalized spacial score (nSPS) is 17.5. The Morgan fingerprint density at radius 1 is 1.03 bits per heavy atom. The van der Waals surface area contributed by atoms with Crippen molar-refractivity contribution in [3.8, 4) is 17.2 Å². The fourth-order valence-corrected chi connectivity index (χ4v) is 4.77. The Kier molecular flexibility index (Phi) is 8.29. The zero-order valence-electron chi connectivity index (χ0n) is 20.9. The molecule has 0 bridgehead atoms. The number of rotatable bonds is 8. The van der Waals surface area contributed by atoms with Crippen molar-refractivity contribution < 1.29 is 23.8 Å². The number of hydrogen-bond donors (Lipinski definition) is 1. The first-order valence-electron chi connectivity index (χ1n) is 12.5. The number of ether oxygens (including phenoxy) is 3. The number of methoxy groups -OCH3 is 1. The minimum atomic E-state index is -0.117. The van der Waals surface area contributed by atoms with Crippen LogP contribution in [0, 0.1) is 11.8 Å². The van der Waals surface area contributed by atoms with Gasteiger partial charge in [0.1, 0.15) is 5.75 Å². The number of benzene rings is 2. The number of carbonyl (C=O) groups excluding carboxylic acids is 2. The van der Waals surface area contributed by atoms with Crippen LogP contribution >= 0.6 is 0 Å². The van der Waals surface area contributed by atoms with Crippen molar-refractivity contribution in [3.05, 3.63) is 53.6 Å². The van der Waals surface area contributed by atoms with Gasteiger partial charge in [-0.1, -0.05) is 19.9 Å². The summed E-state index contributed by atoms with van der Waals surface area (Å²) in [6.45, 7) is 7.28. The van der Waals surface area contributed by atoms with Crippen LogP contribution < -0.4 is 19.5 Å². The summed E-state index contributed by atoms with van der Waals surface area (Å²) in [6.07, 6.45) is 2.37. The topological polar surface area (TPSA) is 77.1 Å². The third-order valence-electron chi connectivity index (χ3n) is 6.81. The molecule has 1 N–H and O–H groups in total. The second-order valence-electron chi connectivity index (χ2n) is 9.69. The lowest BCUT2D eigenvalue weighted by atomic mass is 9.89. The molecule has 7 heteroatoms. The zero-order chi connectivity index (χ0) is 24.8. The fourth-order valence-electron chi connectivity index (χ4n) is 4.77. The Balaban J connectivity index is 1.30. The Labute approximate surface area is 207 Å². The Hall–Kier alpha value is -3.06. The van der Waals surface area contributed by atoms with Gasteiger partial charge in [0.25, 0.3) is 0 Å². The number of amides is 1. The van der Waals surface area contributed by atoms with Gasteiger partial charge < -0.3 is 19.5 Å². The number of nitrogens with zero attached hydrogens (tertiary/aromatic N) is 1. The molecule has 0 aliphatic carbocycles. The highest BCUT2D eigenvalue weighted by atomic mass is 16.5. The average molecular weight is 481 g/mol. The lowest BCUT2D eigenvalue weighted by molar-refractivity contribution is -0.123. The predicted molar refractivity (Wildman–Crippen MR) is 134 cm³/mol. The number of piperidine rings is 1. The van der Waals surface area contributed by atoms with E-state index in [1.807, 2.05) is 42.5 Å². The van der Waals surface area contributed by atoms with Crippen LogP contribution in [-0.2, 0) is 4.79 Å². The van der Waals surface area contributed by atoms with E-state index < -0.39 is 0 Å². The molecule has 2 heterocycles. The second-order valence-corrected chi connectivity index (χ2v) is 9.69. The van der Waals surface area contributed by atoms with Crippen LogP contribution in [0.3, 0.4) is 0 Å². The molecule has 0 radical (unpaired) electrons. The Morgan fingerprint density at radius 3 is 2.37 bits per heavy atom. The number of nitrogens with one attached hydrogen (secondary N) is 1. The van der Waals surface area contributed by atoms with Gasteiger partial charge in [0.2, 0.25) is 5.91 Å². The molecule has 2 aromatic rings. The van der Waals surface area contributed by atoms with E-state index in [4.69, 9.17) is 14.2 Å². The molecule has 4 rings (SSSR count). The van der Waals surface area contributed by atoms with E-state index in [0.29, 0.717) is 19.8 Å². The van der Waals surface area contributed by atoms with Gasteiger partial charge in [-0.05, 0) is 73.8 Å². The summed E-state index contributed by atoms with van der Waals surface area (Å²) in [5, 5.41) is 3.22. The maximum atomic E-state index is 13.0. The van der Waals surface area contributed by atoms with Crippen LogP contribution in [0.15, 0.2) is 42.5 Å². The minimum Gasteiger partial charge on any atom is -0.497 e. The quantitative estimate of drug-likeness (QED) is 0.569. The molecule has 1 saturated heterocycles. The smallest absolute Gasteiger partial charge is 0.234 e. The van der Waals surface area contributed by atoms with Gasteiger partial charge in [0, 0.05) is 17.9 Å². The van der Waals surface area contributed by atoms with Crippen molar-refractivity contribution in [1.82, 2.24) is 10.2 Å². The molecule has 2 aliphatic heterocycles. The van der Waals surface area contributed by atoms with Crippen molar-refractivity contribution in [3.63, 3.8) is 0 Å². The Morgan fingerprint density at radius 2 is 1.71 bits per heavy atom. The zero-order valence-corrected chi connectivity index (χ0v) is 20.9. The van der Waals surface area contributed by atoms with E-state index in [1.165, 1.54) is 0 Å². The first kappa shape index (κ1) is 25.0. The molecule has 188 valence electrons. The SMILES string of the molecule is COc1ccc(C(=O)C2CCN(CC(=O)NC(c3ccc4c(c3)OCCCO4)C(C)C)CC2)cc1. The lowest BCUT2D eigenvalue weighted by Crippen LogP contribution is -2.44. The fraction of sp³-hybridized carbons (Fsp3) is 0.500. The van der Waals surface area contributed by atoms with E-state index in [9.17, 15) is 9.59 Å². The van der Waals surface area contributed by atoms with Crippen molar-refractivity contribution in [2.75, 3.05) is 40.0 Å². The largest absolute Gasteiger partial charge is 0.497 e. The number of hydrogen-bond acceptors (Lipinski definition) is 6. The summed E-state index contributed by atoms with van der Waals surface area (Å²) >= 11 is 0. The molecule has 1 atom stereocenters. The summed E-state index contributed by atoms with van der Waals surface area (Å²) in [7, 11) is 1.61. The average Bonchev–Trinajstić information content (AvgIpc) is 3.12. The molecule has 1 fully saturated rings. The van der Waals surface area contributed by atoms with Crippen LogP contribution in [0.1, 0.15) is 55.1 Å². The number of carbonyl (C=O) groups is 2. The second kappa shape index (κ2) is 11.6. The van der Waals surface area contributed by atoms with Crippen LogP contribution in [0.5, 0.6) is 17.2 Å². The van der Waals surface area contributed by atoms with Crippen molar-refractivity contribution in [2.24, 2.45) is 11.8 Å². The molecular weight excluding hydrogens is 444 g/mol. The van der Waals surface area contributed by atoms with E-state index in [1.54, 1.807) is 7.11 Å². The van der Waals surface area contributed by atoms with Gasteiger partial charge in [-0.15, -0.1) is 0 Å². The maximum absolute atomic E-state index is 13.0. The third-order valence-corrected chi connectivity index (χ3v) is 6.81. The standard InChI is InChI=1S/C28H36N2O5/c1-19(2)27(22-7-10-24-25(17-22)35-16-4-15-34-24)29-26(31)18-30-13-11-21(12-14-30)28(32)20-5-8-23(33-3)9-6-20/h5-10,17,19,21,27H,4,11-16,18H2,1-3H3,(H,29,31). The van der Waals surface area contributed by atoms with Crippen molar-refractivity contribution >= 4 is 11.7 Å². The molecule has 35 heavy (non-hydrogen) atoms. The molecule has 0 saturated carbocycles. The molecule has 2 aliphatic rings. The van der Waals surface area contributed by atoms with Gasteiger partial charge in [0.15, 0.2) is 17.3 Å². The summed E-state index contributed by atoms with van der Waals surface area (Å²) in [5.41, 5.74) is 1.73. The van der Waals surface area contributed by atoms with Crippen molar-refractivity contribution in [1.29, 1.82) is 0 Å². The van der Waals surface area contributed by atoms with E-state index in [2.05, 4.69) is 24.1 Å². The predicted octanol–water partition coefficient (Wildman–Crippen LogP) is 4.26. The molecule has 7 nitrogen and oxygen atoms in total. The van der Waals surface area contributed by atoms with Crippen molar-refractivity contribution in [2.45, 2.75) is 39.2 Å². The maximum Gasteiger partial charge on any atom is 0.234 e. The van der Waals surface area contributed by atoms with Gasteiger partial charge >= 0.3 is 0 Å². The van der Waals surface area contributed by atoms with E-state index in [0.717, 1.165) is 60.7 Å². The third kappa shape index (κ3) is 6.34. The highest BCUT2D eigenvalue weighted by Crippen LogP contribution is 2.34. The summed E-state index contributed by atoms with van der Waals surface area (Å²) < 4.78 is 16.8. The number of Topliss-reactive ketones (excluding diaryl/α,β-unsaturated/α-hetero) is 1. The minimum absolute atomic E-state index is 0.00394. The molecule has 1 amide bonds. The van der Waals surface area contributed by atoms with Crippen LogP contribution in [0.4, 0.5) is 0 Å². The summed E-state index contributed by atoms with van der Waals surface area (Å²) in [5.74, 6) is 2.62. The lowest BCUT2D eigenvalue weighted by Gasteiger charge is -2.32. The Bertz CT molecular complexity index is 1010. The van der Waals surface area contributed by atoms with Gasteiger partial charge in [0.05, 0.1) is 32.9 Å². The summed E-state index contributed by atoms with van der Waals surface area (Å²) in [4.78, 5) is 28.0. The monoisotopic (exact) mass is 480 g/mol. The molecule has 2 aromatic carbocycles. The molecule has 0 spiro atoms. The van der Waals surface area contributed by atoms with Gasteiger partial charge in [-0.2, -0.15) is 0 Å². The van der Waals surface area contributed by atoms with Crippen LogP contribution in [0.25, 0.3) is 0 Å². The molecular formula is C28H36N2O5. The molecule has 0 aromatic heterocycles. The van der Waals surface area contributed by atoms with Crippen LogP contribution in [-0.4, -0.2) is 56.5 Å². The highest BCUT2D eigenvalue weighted by molar-refractivity contribution is 5.98.